The van der Waals surface area contributed by atoms with Gasteiger partial charge in [0.15, 0.2) is 0 Å². The number of amides is 1. The van der Waals surface area contributed by atoms with Crippen LogP contribution in [0.3, 0.4) is 0 Å². The smallest absolute Gasteiger partial charge is 0.428 e. The van der Waals surface area contributed by atoms with E-state index in [-0.39, 0.29) is 59.0 Å². The van der Waals surface area contributed by atoms with Crippen molar-refractivity contribution in [1.29, 1.82) is 0 Å². The fourth-order valence-electron chi connectivity index (χ4n) is 2.73. The van der Waals surface area contributed by atoms with E-state index in [1.54, 1.807) is 0 Å². The Balaban J connectivity index is 2.20. The summed E-state index contributed by atoms with van der Waals surface area (Å²) < 4.78 is 57.8. The summed E-state index contributed by atoms with van der Waals surface area (Å²) in [4.78, 5) is 23.4. The van der Waals surface area contributed by atoms with Crippen molar-refractivity contribution in [1.82, 2.24) is 5.32 Å². The number of ether oxygens (including phenoxy) is 4. The summed E-state index contributed by atoms with van der Waals surface area (Å²) in [5.41, 5.74) is 9.51. The number of unbranched alkanes of at least 4 members (excludes halogenated alkanes) is 1. The van der Waals surface area contributed by atoms with Crippen LogP contribution in [0.4, 0.5) is 13.2 Å². The number of nitrogens with one attached hydrogen (secondary N) is 1. The average molecular weight is 510 g/mol. The maximum atomic E-state index is 12.5. The molecule has 0 spiro atoms. The van der Waals surface area contributed by atoms with E-state index in [4.69, 9.17) is 25.7 Å². The summed E-state index contributed by atoms with van der Waals surface area (Å²) in [6.07, 6.45) is -5.86. The first kappa shape index (κ1) is 30.7. The second-order valence-corrected chi connectivity index (χ2v) is 7.62. The van der Waals surface area contributed by atoms with Gasteiger partial charge in [0.25, 0.3) is 5.91 Å². The number of rotatable bonds is 18. The van der Waals surface area contributed by atoms with Crippen LogP contribution in [0.1, 0.15) is 24.8 Å². The number of hydrogen-bond donors (Lipinski definition) is 4. The van der Waals surface area contributed by atoms with E-state index in [9.17, 15) is 27.9 Å². The molecule has 13 heteroatoms. The largest absolute Gasteiger partial charge is 0.491 e. The zero-order chi connectivity index (χ0) is 26.2. The maximum Gasteiger partial charge on any atom is 0.491 e. The summed E-state index contributed by atoms with van der Waals surface area (Å²) in [5, 5.41) is 12.1. The van der Waals surface area contributed by atoms with Gasteiger partial charge in [-0.15, -0.1) is 0 Å². The molecule has 0 aliphatic carbocycles. The highest BCUT2D eigenvalue weighted by Crippen LogP contribution is 2.22. The van der Waals surface area contributed by atoms with Crippen LogP contribution in [0.2, 0.25) is 0 Å². The Kier molecular flexibility index (Phi) is 14.4. The van der Waals surface area contributed by atoms with Crippen LogP contribution in [0.25, 0.3) is 0 Å². The molecule has 35 heavy (non-hydrogen) atoms. The lowest BCUT2D eigenvalue weighted by atomic mass is 10.1. The molecule has 1 rings (SSSR count). The molecule has 0 radical (unpaired) electrons. The lowest BCUT2D eigenvalue weighted by Crippen LogP contribution is -2.58. The van der Waals surface area contributed by atoms with Crippen LogP contribution in [0, 0.1) is 0 Å². The van der Waals surface area contributed by atoms with Crippen molar-refractivity contribution in [3.8, 4) is 0 Å². The van der Waals surface area contributed by atoms with Gasteiger partial charge in [-0.3, -0.25) is 10.5 Å². The number of carbonyl (C=O) groups is 2. The number of esters is 1. The second-order valence-electron chi connectivity index (χ2n) is 7.62. The maximum absolute atomic E-state index is 12.5. The van der Waals surface area contributed by atoms with E-state index in [0.29, 0.717) is 13.0 Å². The third-order valence-electron chi connectivity index (χ3n) is 4.53. The van der Waals surface area contributed by atoms with Gasteiger partial charge in [-0.2, -0.15) is 13.2 Å². The highest BCUT2D eigenvalue weighted by atomic mass is 19.4. The van der Waals surface area contributed by atoms with Crippen LogP contribution in [-0.4, -0.2) is 81.1 Å². The number of aliphatic hydroxyl groups excluding tert-OH is 1. The fraction of sp³-hybridized carbons (Fsp3) is 0.636. The van der Waals surface area contributed by atoms with Gasteiger partial charge in [0, 0.05) is 13.0 Å². The molecule has 1 amide bonds. The Labute approximate surface area is 202 Å². The number of alkyl halides is 3. The first-order valence-electron chi connectivity index (χ1n) is 11.1. The Morgan fingerprint density at radius 2 is 1.66 bits per heavy atom. The fourth-order valence-corrected chi connectivity index (χ4v) is 2.73. The molecule has 0 heterocycles. The predicted octanol–water partition coefficient (Wildman–Crippen LogP) is 0.603. The molecule has 2 atom stereocenters. The van der Waals surface area contributed by atoms with E-state index < -0.39 is 29.9 Å². The minimum atomic E-state index is -5.29. The topological polar surface area (TPSA) is 155 Å². The minimum absolute atomic E-state index is 0.00391. The van der Waals surface area contributed by atoms with Crippen LogP contribution < -0.4 is 16.8 Å². The van der Waals surface area contributed by atoms with E-state index >= 15 is 0 Å². The SMILES string of the molecule is NCCCC[C@](N)(OC(=O)C(F)(F)F)C(=O)NCCOCCOC[C@H](O)COCc1ccccc1. The molecule has 1 aromatic rings. The molecule has 200 valence electrons. The van der Waals surface area contributed by atoms with Crippen molar-refractivity contribution in [2.24, 2.45) is 11.5 Å². The molecular weight excluding hydrogens is 475 g/mol. The molecule has 0 fully saturated rings. The second kappa shape index (κ2) is 16.4. The summed E-state index contributed by atoms with van der Waals surface area (Å²) in [6.45, 7) is 0.967. The summed E-state index contributed by atoms with van der Waals surface area (Å²) in [7, 11) is 0. The molecular formula is C22H34F3N3O7. The van der Waals surface area contributed by atoms with Gasteiger partial charge >= 0.3 is 12.1 Å². The van der Waals surface area contributed by atoms with Crippen molar-refractivity contribution in [3.05, 3.63) is 35.9 Å². The standard InChI is InChI=1S/C22H34F3N3O7/c23-22(24,25)20(31)35-21(27,8-4-5-9-26)19(30)28-10-11-32-12-13-33-15-18(29)16-34-14-17-6-2-1-3-7-17/h1-3,6-7,18,29H,4-5,8-16,26-27H2,(H,28,30)/t18-,21-/m0/s1. The van der Waals surface area contributed by atoms with Gasteiger partial charge in [0.2, 0.25) is 5.72 Å². The zero-order valence-electron chi connectivity index (χ0n) is 19.4. The molecule has 6 N–H and O–H groups in total. The molecule has 10 nitrogen and oxygen atoms in total. The molecule has 0 aromatic heterocycles. The molecule has 1 aromatic carbocycles. The quantitative estimate of drug-likeness (QED) is 0.126. The van der Waals surface area contributed by atoms with Crippen molar-refractivity contribution >= 4 is 11.9 Å². The lowest BCUT2D eigenvalue weighted by molar-refractivity contribution is -0.214. The Hall–Kier alpha value is -2.29. The van der Waals surface area contributed by atoms with Crippen LogP contribution in [0.5, 0.6) is 0 Å². The van der Waals surface area contributed by atoms with Gasteiger partial charge in [-0.25, -0.2) is 4.79 Å². The summed E-state index contributed by atoms with van der Waals surface area (Å²) >= 11 is 0. The van der Waals surface area contributed by atoms with Crippen LogP contribution >= 0.6 is 0 Å². The van der Waals surface area contributed by atoms with Crippen molar-refractivity contribution in [2.75, 3.05) is 46.1 Å². The Bertz CT molecular complexity index is 741. The van der Waals surface area contributed by atoms with Crippen LogP contribution in [0.15, 0.2) is 30.3 Å². The van der Waals surface area contributed by atoms with Crippen molar-refractivity contribution in [3.63, 3.8) is 0 Å². The minimum Gasteiger partial charge on any atom is -0.428 e. The average Bonchev–Trinajstić information content (AvgIpc) is 2.80. The molecule has 0 saturated heterocycles. The third-order valence-corrected chi connectivity index (χ3v) is 4.53. The number of nitrogens with two attached hydrogens (primary N) is 2. The number of benzene rings is 1. The summed E-state index contributed by atoms with van der Waals surface area (Å²) in [6, 6.07) is 9.50. The Morgan fingerprint density at radius 1 is 1.00 bits per heavy atom. The predicted molar refractivity (Wildman–Crippen MR) is 119 cm³/mol. The van der Waals surface area contributed by atoms with E-state index in [1.807, 2.05) is 30.3 Å². The number of hydrogen-bond acceptors (Lipinski definition) is 9. The third kappa shape index (κ3) is 13.4. The van der Waals surface area contributed by atoms with E-state index in [1.165, 1.54) is 0 Å². The van der Waals surface area contributed by atoms with Gasteiger partial charge in [-0.05, 0) is 24.9 Å². The lowest BCUT2D eigenvalue weighted by Gasteiger charge is -2.28. The van der Waals surface area contributed by atoms with E-state index in [2.05, 4.69) is 10.1 Å². The normalized spacial score (nSPS) is 14.2. The van der Waals surface area contributed by atoms with Gasteiger partial charge < -0.3 is 35.1 Å². The van der Waals surface area contributed by atoms with Gasteiger partial charge in [0.1, 0.15) is 6.10 Å². The first-order chi connectivity index (χ1) is 16.6. The van der Waals surface area contributed by atoms with Crippen molar-refractivity contribution in [2.45, 2.75) is 43.9 Å². The van der Waals surface area contributed by atoms with Gasteiger partial charge in [0.05, 0.1) is 39.6 Å². The molecule has 0 aliphatic heterocycles. The molecule has 0 saturated carbocycles. The number of aliphatic hydroxyl groups is 1. The molecule has 0 unspecified atom stereocenters. The highest BCUT2D eigenvalue weighted by molar-refractivity contribution is 5.88. The Morgan fingerprint density at radius 3 is 2.31 bits per heavy atom. The van der Waals surface area contributed by atoms with Crippen molar-refractivity contribution < 1.29 is 46.8 Å². The van der Waals surface area contributed by atoms with Crippen LogP contribution in [-0.2, 0) is 35.1 Å². The molecule has 0 aliphatic rings. The summed E-state index contributed by atoms with van der Waals surface area (Å²) in [5.74, 6) is -3.63. The highest BCUT2D eigenvalue weighted by Gasteiger charge is 2.48. The number of carbonyl (C=O) groups excluding carboxylic acids is 2. The van der Waals surface area contributed by atoms with E-state index in [0.717, 1.165) is 5.56 Å². The zero-order valence-corrected chi connectivity index (χ0v) is 19.4. The van der Waals surface area contributed by atoms with Gasteiger partial charge in [-0.1, -0.05) is 30.3 Å². The first-order valence-corrected chi connectivity index (χ1v) is 11.1. The number of halogens is 3. The monoisotopic (exact) mass is 509 g/mol. The molecule has 0 bridgehead atoms.